The summed E-state index contributed by atoms with van der Waals surface area (Å²) >= 11 is 1.57. The first kappa shape index (κ1) is 23.3. The zero-order valence-corrected chi connectivity index (χ0v) is 21.5. The third-order valence-corrected chi connectivity index (χ3v) is 8.04. The Labute approximate surface area is 199 Å². The molecular weight excluding hydrogens is 450 g/mol. The van der Waals surface area contributed by atoms with Crippen molar-refractivity contribution in [3.8, 4) is 11.1 Å². The Morgan fingerprint density at radius 3 is 2.55 bits per heavy atom. The van der Waals surface area contributed by atoms with Crippen LogP contribution in [0.15, 0.2) is 43.1 Å². The molecule has 0 saturated heterocycles. The summed E-state index contributed by atoms with van der Waals surface area (Å²) in [5.41, 5.74) is 3.41. The first-order valence-electron chi connectivity index (χ1n) is 11.0. The maximum absolute atomic E-state index is 6.10. The summed E-state index contributed by atoms with van der Waals surface area (Å²) in [5.74, 6) is 1.05. The number of hydrogen-bond donors (Lipinski definition) is 0. The number of ether oxygens (including phenoxy) is 1. The van der Waals surface area contributed by atoms with Crippen LogP contribution in [-0.2, 0) is 4.74 Å². The molecule has 0 atom stereocenters. The van der Waals surface area contributed by atoms with E-state index in [0.29, 0.717) is 19.3 Å². The average Bonchev–Trinajstić information content (AvgIpc) is 3.28. The zero-order valence-electron chi connectivity index (χ0n) is 19.7. The number of rotatable bonds is 9. The fourth-order valence-corrected chi connectivity index (χ4v) is 4.76. The molecule has 0 spiro atoms. The molecule has 33 heavy (non-hydrogen) atoms. The fourth-order valence-electron chi connectivity index (χ4n) is 3.16. The summed E-state index contributed by atoms with van der Waals surface area (Å²) < 4.78 is 6.10. The van der Waals surface area contributed by atoms with Crippen LogP contribution < -0.4 is 4.90 Å². The molecule has 172 valence electrons. The second-order valence-corrected chi connectivity index (χ2v) is 16.0. The van der Waals surface area contributed by atoms with E-state index >= 15 is 0 Å². The Kier molecular flexibility index (Phi) is 7.06. The second-order valence-electron chi connectivity index (χ2n) is 9.38. The molecule has 0 amide bonds. The Bertz CT molecular complexity index is 1210. The highest BCUT2D eigenvalue weighted by Crippen LogP contribution is 2.32. The summed E-state index contributed by atoms with van der Waals surface area (Å²) in [7, 11) is -1.18. The van der Waals surface area contributed by atoms with Gasteiger partial charge in [0.05, 0.1) is 11.0 Å². The van der Waals surface area contributed by atoms with Crippen molar-refractivity contribution in [2.24, 2.45) is 0 Å². The van der Waals surface area contributed by atoms with Crippen molar-refractivity contribution < 1.29 is 4.74 Å². The molecule has 0 saturated carbocycles. The predicted molar refractivity (Wildman–Crippen MR) is 136 cm³/mol. The summed E-state index contributed by atoms with van der Waals surface area (Å²) in [6, 6.07) is 6.97. The number of fused-ring (bicyclic) bond motifs is 1. The molecule has 0 aromatic carbocycles. The van der Waals surface area contributed by atoms with E-state index in [0.717, 1.165) is 44.2 Å². The topological polar surface area (TPSA) is 89.8 Å². The number of pyridine rings is 2. The Hall–Kier alpha value is -2.82. The highest BCUT2D eigenvalue weighted by Gasteiger charge is 2.20. The van der Waals surface area contributed by atoms with Crippen molar-refractivity contribution in [3.05, 3.63) is 48.1 Å². The van der Waals surface area contributed by atoms with Crippen LogP contribution in [0.4, 0.5) is 10.9 Å². The first-order valence-corrected chi connectivity index (χ1v) is 15.5. The lowest BCUT2D eigenvalue weighted by Crippen LogP contribution is -2.26. The lowest BCUT2D eigenvalue weighted by atomic mass is 10.1. The largest absolute Gasteiger partial charge is 0.361 e. The molecule has 0 aliphatic rings. The molecule has 4 heterocycles. The third kappa shape index (κ3) is 5.76. The molecule has 4 aromatic heterocycles. The summed E-state index contributed by atoms with van der Waals surface area (Å²) in [6.07, 6.45) is 6.87. The van der Waals surface area contributed by atoms with Gasteiger partial charge in [-0.15, -0.1) is 10.2 Å². The molecule has 0 unspecified atom stereocenters. The number of aromatic nitrogens is 6. The van der Waals surface area contributed by atoms with Crippen molar-refractivity contribution in [1.29, 1.82) is 0 Å². The minimum atomic E-state index is -1.18. The molecule has 4 aromatic rings. The molecule has 8 nitrogen and oxygen atoms in total. The quantitative estimate of drug-likeness (QED) is 0.176. The zero-order chi connectivity index (χ0) is 23.4. The Balaban J connectivity index is 1.71. The van der Waals surface area contributed by atoms with Gasteiger partial charge >= 0.3 is 0 Å². The summed E-state index contributed by atoms with van der Waals surface area (Å²) in [4.78, 5) is 19.8. The lowest BCUT2D eigenvalue weighted by molar-refractivity contribution is 0.153. The van der Waals surface area contributed by atoms with Gasteiger partial charge < -0.3 is 4.74 Å². The van der Waals surface area contributed by atoms with Crippen LogP contribution in [0.5, 0.6) is 0 Å². The van der Waals surface area contributed by atoms with Crippen LogP contribution in [0, 0.1) is 0 Å². The van der Waals surface area contributed by atoms with Crippen LogP contribution in [-0.4, -0.2) is 51.5 Å². The molecular formula is C23H29N7OSSi. The monoisotopic (exact) mass is 479 g/mol. The molecule has 10 heteroatoms. The lowest BCUT2D eigenvalue weighted by Gasteiger charge is -2.22. The van der Waals surface area contributed by atoms with E-state index < -0.39 is 8.07 Å². The van der Waals surface area contributed by atoms with Crippen LogP contribution in [0.3, 0.4) is 0 Å². The minimum absolute atomic E-state index is 0.310. The van der Waals surface area contributed by atoms with E-state index in [1.54, 1.807) is 29.9 Å². The first-order chi connectivity index (χ1) is 15.8. The summed E-state index contributed by atoms with van der Waals surface area (Å²) in [6.45, 7) is 12.4. The van der Waals surface area contributed by atoms with E-state index in [1.165, 1.54) is 6.33 Å². The van der Waals surface area contributed by atoms with E-state index in [-0.39, 0.29) is 0 Å². The van der Waals surface area contributed by atoms with Gasteiger partial charge in [0.15, 0.2) is 0 Å². The van der Waals surface area contributed by atoms with E-state index in [1.807, 2.05) is 23.1 Å². The number of hydrogen-bond acceptors (Lipinski definition) is 9. The SMILES string of the molecule is CC(C)c1nnc(N(COCC[Si](C)(C)C)c2ccc3nccc(-c4cncnc4)c3n2)s1. The third-order valence-electron chi connectivity index (χ3n) is 5.09. The van der Waals surface area contributed by atoms with Crippen LogP contribution in [0.25, 0.3) is 22.2 Å². The van der Waals surface area contributed by atoms with Gasteiger partial charge in [-0.2, -0.15) is 0 Å². The van der Waals surface area contributed by atoms with E-state index in [2.05, 4.69) is 58.6 Å². The fraction of sp³-hybridized carbons (Fsp3) is 0.391. The highest BCUT2D eigenvalue weighted by molar-refractivity contribution is 7.15. The van der Waals surface area contributed by atoms with Gasteiger partial charge in [0.25, 0.3) is 0 Å². The van der Waals surface area contributed by atoms with Gasteiger partial charge in [0.2, 0.25) is 5.13 Å². The molecule has 0 N–H and O–H groups in total. The molecule has 0 fully saturated rings. The minimum Gasteiger partial charge on any atom is -0.361 e. The number of anilines is 2. The normalized spacial score (nSPS) is 11.9. The Morgan fingerprint density at radius 1 is 1.06 bits per heavy atom. The van der Waals surface area contributed by atoms with Gasteiger partial charge in [-0.1, -0.05) is 44.8 Å². The summed E-state index contributed by atoms with van der Waals surface area (Å²) in [5, 5.41) is 10.6. The van der Waals surface area contributed by atoms with Crippen molar-refractivity contribution >= 4 is 41.4 Å². The van der Waals surface area contributed by atoms with Crippen molar-refractivity contribution in [1.82, 2.24) is 30.1 Å². The van der Waals surface area contributed by atoms with Gasteiger partial charge in [0.1, 0.15) is 23.9 Å². The van der Waals surface area contributed by atoms with Gasteiger partial charge in [-0.3, -0.25) is 9.88 Å². The van der Waals surface area contributed by atoms with Gasteiger partial charge in [0, 0.05) is 50.3 Å². The van der Waals surface area contributed by atoms with Gasteiger partial charge in [-0.25, -0.2) is 15.0 Å². The molecule has 0 bridgehead atoms. The maximum Gasteiger partial charge on any atom is 0.215 e. The van der Waals surface area contributed by atoms with Crippen LogP contribution in [0.1, 0.15) is 24.8 Å². The standard InChI is InChI=1S/C23H29N7OSSi/c1-16(2)22-28-29-23(32-22)30(15-31-10-11-33(3,4)5)20-7-6-19-21(27-20)18(8-9-26-19)17-12-24-14-25-13-17/h6-9,12-14,16H,10-11,15H2,1-5H3. The average molecular weight is 480 g/mol. The predicted octanol–water partition coefficient (Wildman–Crippen LogP) is 5.51. The highest BCUT2D eigenvalue weighted by atomic mass is 32.1. The van der Waals surface area contributed by atoms with E-state index in [9.17, 15) is 0 Å². The smallest absolute Gasteiger partial charge is 0.215 e. The van der Waals surface area contributed by atoms with Crippen LogP contribution in [0.2, 0.25) is 25.7 Å². The van der Waals surface area contributed by atoms with E-state index in [4.69, 9.17) is 9.72 Å². The van der Waals surface area contributed by atoms with Gasteiger partial charge in [-0.05, 0) is 24.2 Å². The number of nitrogens with zero attached hydrogens (tertiary/aromatic N) is 7. The molecule has 0 aliphatic heterocycles. The Morgan fingerprint density at radius 2 is 1.85 bits per heavy atom. The van der Waals surface area contributed by atoms with Crippen molar-refractivity contribution in [3.63, 3.8) is 0 Å². The van der Waals surface area contributed by atoms with Crippen LogP contribution >= 0.6 is 11.3 Å². The molecule has 0 aliphatic carbocycles. The maximum atomic E-state index is 6.10. The second kappa shape index (κ2) is 9.98. The van der Waals surface area contributed by atoms with Crippen molar-refractivity contribution in [2.45, 2.75) is 45.5 Å². The van der Waals surface area contributed by atoms with Crippen molar-refractivity contribution in [2.75, 3.05) is 18.2 Å². The molecule has 0 radical (unpaired) electrons. The molecule has 4 rings (SSSR count).